The summed E-state index contributed by atoms with van der Waals surface area (Å²) >= 11 is 3.51. The second kappa shape index (κ2) is 7.12. The van der Waals surface area contributed by atoms with E-state index in [4.69, 9.17) is 4.74 Å². The van der Waals surface area contributed by atoms with Crippen LogP contribution in [0.2, 0.25) is 0 Å². The lowest BCUT2D eigenvalue weighted by Crippen LogP contribution is -2.43. The Morgan fingerprint density at radius 1 is 1.50 bits per heavy atom. The van der Waals surface area contributed by atoms with Crippen LogP contribution in [0.5, 0.6) is 5.75 Å². The molecule has 0 aromatic heterocycles. The van der Waals surface area contributed by atoms with E-state index < -0.39 is 0 Å². The normalized spacial score (nSPS) is 19.8. The van der Waals surface area contributed by atoms with Gasteiger partial charge in [-0.25, -0.2) is 0 Å². The summed E-state index contributed by atoms with van der Waals surface area (Å²) in [4.78, 5) is 0. The van der Waals surface area contributed by atoms with E-state index in [1.54, 1.807) is 7.11 Å². The predicted octanol–water partition coefficient (Wildman–Crippen LogP) is 2.34. The van der Waals surface area contributed by atoms with Crippen LogP contribution in [0.4, 0.5) is 0 Å². The fraction of sp³-hybridized carbons (Fsp3) is 0.571. The molecule has 2 N–H and O–H groups in total. The molecule has 0 bridgehead atoms. The van der Waals surface area contributed by atoms with Crippen LogP contribution in [0, 0.1) is 0 Å². The summed E-state index contributed by atoms with van der Waals surface area (Å²) in [5.41, 5.74) is 1.25. The highest BCUT2D eigenvalue weighted by atomic mass is 79.9. The van der Waals surface area contributed by atoms with Crippen molar-refractivity contribution < 1.29 is 4.74 Å². The zero-order valence-corrected chi connectivity index (χ0v) is 12.4. The molecule has 1 aromatic carbocycles. The summed E-state index contributed by atoms with van der Waals surface area (Å²) in [7, 11) is 1.73. The lowest BCUT2D eigenvalue weighted by atomic mass is 10.1. The summed E-state index contributed by atoms with van der Waals surface area (Å²) in [5, 5.41) is 7.03. The van der Waals surface area contributed by atoms with Crippen LogP contribution >= 0.6 is 15.9 Å². The molecule has 0 aliphatic carbocycles. The Balaban J connectivity index is 1.83. The number of ether oxygens (including phenoxy) is 1. The van der Waals surface area contributed by atoms with Crippen molar-refractivity contribution in [2.45, 2.75) is 25.3 Å². The second-order valence-electron chi connectivity index (χ2n) is 4.70. The third-order valence-corrected chi connectivity index (χ3v) is 3.86. The smallest absolute Gasteiger partial charge is 0.122 e. The highest BCUT2D eigenvalue weighted by Crippen LogP contribution is 2.23. The third-order valence-electron chi connectivity index (χ3n) is 3.37. The third kappa shape index (κ3) is 3.97. The fourth-order valence-corrected chi connectivity index (χ4v) is 2.79. The van der Waals surface area contributed by atoms with Gasteiger partial charge in [0.2, 0.25) is 0 Å². The standard InChI is InChI=1S/C14H21BrN2O/c1-18-14-5-4-12(15)9-11(14)6-8-17-13-3-2-7-16-10-13/h4-5,9,13,16-17H,2-3,6-8,10H2,1H3. The van der Waals surface area contributed by atoms with Crippen molar-refractivity contribution in [2.75, 3.05) is 26.7 Å². The minimum absolute atomic E-state index is 0.622. The summed E-state index contributed by atoms with van der Waals surface area (Å²) in [6.45, 7) is 3.26. The van der Waals surface area contributed by atoms with Gasteiger partial charge < -0.3 is 15.4 Å². The average molecular weight is 313 g/mol. The van der Waals surface area contributed by atoms with Gasteiger partial charge in [-0.2, -0.15) is 0 Å². The van der Waals surface area contributed by atoms with E-state index in [-0.39, 0.29) is 0 Å². The maximum atomic E-state index is 5.38. The average Bonchev–Trinajstić information content (AvgIpc) is 2.40. The SMILES string of the molecule is COc1ccc(Br)cc1CCNC1CCCNC1. The van der Waals surface area contributed by atoms with Gasteiger partial charge in [0.05, 0.1) is 7.11 Å². The number of benzene rings is 1. The number of nitrogens with one attached hydrogen (secondary N) is 2. The number of halogens is 1. The Kier molecular flexibility index (Phi) is 5.47. The van der Waals surface area contributed by atoms with E-state index in [1.165, 1.54) is 18.4 Å². The molecule has 1 aliphatic heterocycles. The van der Waals surface area contributed by atoms with E-state index in [2.05, 4.69) is 32.6 Å². The van der Waals surface area contributed by atoms with Crippen LogP contribution in [-0.4, -0.2) is 32.8 Å². The molecule has 100 valence electrons. The summed E-state index contributed by atoms with van der Waals surface area (Å²) in [6.07, 6.45) is 3.56. The lowest BCUT2D eigenvalue weighted by Gasteiger charge is -2.24. The zero-order valence-electron chi connectivity index (χ0n) is 10.8. The van der Waals surface area contributed by atoms with Crippen molar-refractivity contribution in [1.82, 2.24) is 10.6 Å². The molecular formula is C14H21BrN2O. The molecule has 4 heteroatoms. The summed E-state index contributed by atoms with van der Waals surface area (Å²) in [5.74, 6) is 0.974. The van der Waals surface area contributed by atoms with Crippen LogP contribution in [-0.2, 0) is 6.42 Å². The van der Waals surface area contributed by atoms with Gasteiger partial charge in [-0.1, -0.05) is 15.9 Å². The highest BCUT2D eigenvalue weighted by molar-refractivity contribution is 9.10. The minimum atomic E-state index is 0.622. The van der Waals surface area contributed by atoms with Gasteiger partial charge in [-0.05, 0) is 56.1 Å². The van der Waals surface area contributed by atoms with Crippen LogP contribution in [0.25, 0.3) is 0 Å². The Labute approximate surface area is 117 Å². The molecule has 1 heterocycles. The zero-order chi connectivity index (χ0) is 12.8. The fourth-order valence-electron chi connectivity index (χ4n) is 2.38. The molecule has 18 heavy (non-hydrogen) atoms. The van der Waals surface area contributed by atoms with E-state index in [1.807, 2.05) is 12.1 Å². The van der Waals surface area contributed by atoms with Gasteiger partial charge in [0.25, 0.3) is 0 Å². The Morgan fingerprint density at radius 2 is 2.39 bits per heavy atom. The summed E-state index contributed by atoms with van der Waals surface area (Å²) in [6, 6.07) is 6.79. The largest absolute Gasteiger partial charge is 0.496 e. The van der Waals surface area contributed by atoms with Crippen molar-refractivity contribution in [3.8, 4) is 5.75 Å². The molecule has 3 nitrogen and oxygen atoms in total. The van der Waals surface area contributed by atoms with Crippen molar-refractivity contribution >= 4 is 15.9 Å². The predicted molar refractivity (Wildman–Crippen MR) is 78.3 cm³/mol. The topological polar surface area (TPSA) is 33.3 Å². The van der Waals surface area contributed by atoms with Crippen molar-refractivity contribution in [3.63, 3.8) is 0 Å². The van der Waals surface area contributed by atoms with E-state index >= 15 is 0 Å². The quantitative estimate of drug-likeness (QED) is 0.875. The molecular weight excluding hydrogens is 292 g/mol. The van der Waals surface area contributed by atoms with Gasteiger partial charge in [0.15, 0.2) is 0 Å². The van der Waals surface area contributed by atoms with E-state index in [0.29, 0.717) is 6.04 Å². The maximum Gasteiger partial charge on any atom is 0.122 e. The molecule has 1 aromatic rings. The van der Waals surface area contributed by atoms with Crippen LogP contribution < -0.4 is 15.4 Å². The highest BCUT2D eigenvalue weighted by Gasteiger charge is 2.12. The van der Waals surface area contributed by atoms with Crippen molar-refractivity contribution in [3.05, 3.63) is 28.2 Å². The molecule has 0 spiro atoms. The Morgan fingerprint density at radius 3 is 3.11 bits per heavy atom. The Bertz CT molecular complexity index is 378. The van der Waals surface area contributed by atoms with Gasteiger partial charge in [0, 0.05) is 17.1 Å². The number of hydrogen-bond acceptors (Lipinski definition) is 3. The van der Waals surface area contributed by atoms with Gasteiger partial charge in [-0.15, -0.1) is 0 Å². The lowest BCUT2D eigenvalue weighted by molar-refractivity contribution is 0.387. The van der Waals surface area contributed by atoms with E-state index in [9.17, 15) is 0 Å². The van der Waals surface area contributed by atoms with Gasteiger partial charge >= 0.3 is 0 Å². The number of hydrogen-bond donors (Lipinski definition) is 2. The monoisotopic (exact) mass is 312 g/mol. The van der Waals surface area contributed by atoms with Gasteiger partial charge in [-0.3, -0.25) is 0 Å². The minimum Gasteiger partial charge on any atom is -0.496 e. The molecule has 0 saturated carbocycles. The first-order valence-electron chi connectivity index (χ1n) is 6.56. The molecule has 2 rings (SSSR count). The maximum absolute atomic E-state index is 5.38. The Hall–Kier alpha value is -0.580. The summed E-state index contributed by atoms with van der Waals surface area (Å²) < 4.78 is 6.49. The molecule has 1 saturated heterocycles. The molecule has 1 fully saturated rings. The first-order valence-corrected chi connectivity index (χ1v) is 7.35. The number of piperidine rings is 1. The molecule has 1 aliphatic rings. The van der Waals surface area contributed by atoms with E-state index in [0.717, 1.165) is 36.3 Å². The second-order valence-corrected chi connectivity index (χ2v) is 5.62. The van der Waals surface area contributed by atoms with Crippen molar-refractivity contribution in [2.24, 2.45) is 0 Å². The van der Waals surface area contributed by atoms with Gasteiger partial charge in [0.1, 0.15) is 5.75 Å². The van der Waals surface area contributed by atoms with Crippen LogP contribution in [0.1, 0.15) is 18.4 Å². The first-order chi connectivity index (χ1) is 8.79. The number of methoxy groups -OCH3 is 1. The number of rotatable bonds is 5. The molecule has 1 atom stereocenters. The van der Waals surface area contributed by atoms with Crippen LogP contribution in [0.3, 0.4) is 0 Å². The molecule has 0 amide bonds. The van der Waals surface area contributed by atoms with Crippen molar-refractivity contribution in [1.29, 1.82) is 0 Å². The molecule has 1 unspecified atom stereocenters. The van der Waals surface area contributed by atoms with Crippen LogP contribution in [0.15, 0.2) is 22.7 Å². The molecule has 0 radical (unpaired) electrons. The first kappa shape index (κ1) is 13.8.